The van der Waals surface area contributed by atoms with Crippen molar-refractivity contribution in [2.24, 2.45) is 5.73 Å². The molecule has 1 aromatic heterocycles. The van der Waals surface area contributed by atoms with Gasteiger partial charge in [-0.15, -0.1) is 22.0 Å². The van der Waals surface area contributed by atoms with Crippen LogP contribution in [-0.2, 0) is 9.53 Å². The Labute approximate surface area is 209 Å². The number of fused-ring (bicyclic) bond motifs is 1. The van der Waals surface area contributed by atoms with E-state index in [0.29, 0.717) is 18.9 Å². The van der Waals surface area contributed by atoms with Crippen molar-refractivity contribution in [2.75, 3.05) is 42.8 Å². The lowest BCUT2D eigenvalue weighted by molar-refractivity contribution is -0.122. The molecular formula is C23H32N8O3S. The summed E-state index contributed by atoms with van der Waals surface area (Å²) in [5, 5.41) is 10.6. The third kappa shape index (κ3) is 5.31. The first-order valence-electron chi connectivity index (χ1n) is 11.4. The van der Waals surface area contributed by atoms with E-state index in [9.17, 15) is 9.59 Å². The largest absolute Gasteiger partial charge is 0.444 e. The first-order chi connectivity index (χ1) is 16.6. The van der Waals surface area contributed by atoms with E-state index in [-0.39, 0.29) is 6.09 Å². The Morgan fingerprint density at radius 1 is 1.20 bits per heavy atom. The number of amides is 2. The maximum Gasteiger partial charge on any atom is 0.410 e. The molecule has 1 atom stereocenters. The molecule has 0 saturated carbocycles. The van der Waals surface area contributed by atoms with Gasteiger partial charge in [-0.2, -0.15) is 0 Å². The second-order valence-corrected chi connectivity index (χ2v) is 10.3. The van der Waals surface area contributed by atoms with Gasteiger partial charge in [-0.25, -0.2) is 4.79 Å². The number of aryl methyl sites for hydroxylation is 1. The second-order valence-electron chi connectivity index (χ2n) is 9.51. The SMILES string of the molecule is CSC1=CN(Nc2ccc(N3CCN(C(=O)OC(C)(C)C)CC3)c(C)c2)C(C(N)=O)c2nncn21. The van der Waals surface area contributed by atoms with Crippen molar-refractivity contribution in [1.29, 1.82) is 0 Å². The van der Waals surface area contributed by atoms with Crippen LogP contribution in [0.25, 0.3) is 5.03 Å². The number of carbonyl (C=O) groups excluding carboxylic acids is 2. The summed E-state index contributed by atoms with van der Waals surface area (Å²) < 4.78 is 7.26. The molecule has 0 bridgehead atoms. The molecular weight excluding hydrogens is 468 g/mol. The molecule has 1 saturated heterocycles. The van der Waals surface area contributed by atoms with E-state index in [0.717, 1.165) is 35.1 Å². The number of piperazine rings is 1. The second kappa shape index (κ2) is 9.68. The predicted octanol–water partition coefficient (Wildman–Crippen LogP) is 2.63. The molecule has 12 heteroatoms. The lowest BCUT2D eigenvalue weighted by Gasteiger charge is -2.37. The fraction of sp³-hybridized carbons (Fsp3) is 0.478. The number of hydrogen-bond acceptors (Lipinski definition) is 9. The van der Waals surface area contributed by atoms with Gasteiger partial charge in [-0.3, -0.25) is 19.8 Å². The highest BCUT2D eigenvalue weighted by atomic mass is 32.2. The van der Waals surface area contributed by atoms with Crippen molar-refractivity contribution < 1.29 is 14.3 Å². The summed E-state index contributed by atoms with van der Waals surface area (Å²) in [6.07, 6.45) is 5.08. The Hall–Kier alpha value is -3.41. The maximum atomic E-state index is 12.4. The summed E-state index contributed by atoms with van der Waals surface area (Å²) in [4.78, 5) is 28.6. The van der Waals surface area contributed by atoms with Crippen LogP contribution in [0.3, 0.4) is 0 Å². The molecule has 0 radical (unpaired) electrons. The molecule has 2 aromatic rings. The summed E-state index contributed by atoms with van der Waals surface area (Å²) in [6, 6.07) is 5.24. The molecule has 3 heterocycles. The summed E-state index contributed by atoms with van der Waals surface area (Å²) in [5.74, 6) is -0.0626. The molecule has 11 nitrogen and oxygen atoms in total. The number of aromatic nitrogens is 3. The number of benzene rings is 1. The van der Waals surface area contributed by atoms with Gasteiger partial charge in [0.2, 0.25) is 5.91 Å². The standard InChI is InChI=1S/C23H32N8O3S/c1-15-12-16(27-31-13-18(35-5)30-14-25-26-21(30)19(31)20(24)32)6-7-17(15)28-8-10-29(11-9-28)22(33)34-23(2,3)4/h6-7,12-14,19,27H,8-11H2,1-5H3,(H2,24,32). The summed E-state index contributed by atoms with van der Waals surface area (Å²) >= 11 is 1.52. The van der Waals surface area contributed by atoms with Gasteiger partial charge in [0.15, 0.2) is 11.9 Å². The minimum atomic E-state index is -0.797. The topological polar surface area (TPSA) is 122 Å². The van der Waals surface area contributed by atoms with Crippen LogP contribution in [0.2, 0.25) is 0 Å². The van der Waals surface area contributed by atoms with Crippen LogP contribution in [-0.4, -0.2) is 74.7 Å². The van der Waals surface area contributed by atoms with Crippen molar-refractivity contribution >= 4 is 40.2 Å². The molecule has 35 heavy (non-hydrogen) atoms. The maximum absolute atomic E-state index is 12.4. The van der Waals surface area contributed by atoms with Gasteiger partial charge < -0.3 is 20.3 Å². The number of hydrogen-bond donors (Lipinski definition) is 2. The number of rotatable bonds is 5. The van der Waals surface area contributed by atoms with Gasteiger partial charge in [-0.1, -0.05) is 0 Å². The van der Waals surface area contributed by atoms with E-state index in [1.165, 1.54) is 11.8 Å². The van der Waals surface area contributed by atoms with Crippen LogP contribution >= 0.6 is 11.8 Å². The van der Waals surface area contributed by atoms with Crippen molar-refractivity contribution in [3.05, 3.63) is 42.1 Å². The minimum absolute atomic E-state index is 0.271. The molecule has 1 unspecified atom stereocenters. The van der Waals surface area contributed by atoms with Crippen molar-refractivity contribution in [1.82, 2.24) is 24.7 Å². The van der Waals surface area contributed by atoms with Gasteiger partial charge >= 0.3 is 6.09 Å². The zero-order valence-corrected chi connectivity index (χ0v) is 21.5. The monoisotopic (exact) mass is 500 g/mol. The molecule has 1 aromatic carbocycles. The third-order valence-electron chi connectivity index (χ3n) is 5.79. The molecule has 4 rings (SSSR count). The van der Waals surface area contributed by atoms with Gasteiger partial charge in [0.1, 0.15) is 11.9 Å². The van der Waals surface area contributed by atoms with Crippen molar-refractivity contribution in [3.8, 4) is 0 Å². The lowest BCUT2D eigenvalue weighted by atomic mass is 10.1. The molecule has 188 valence electrons. The molecule has 1 fully saturated rings. The van der Waals surface area contributed by atoms with Gasteiger partial charge in [0.05, 0.1) is 16.9 Å². The number of nitrogens with zero attached hydrogens (tertiary/aromatic N) is 6. The average Bonchev–Trinajstić information content (AvgIpc) is 3.27. The number of carbonyl (C=O) groups is 2. The summed E-state index contributed by atoms with van der Waals surface area (Å²) in [6.45, 7) is 10.3. The molecule has 2 aliphatic heterocycles. The molecule has 2 amide bonds. The first-order valence-corrected chi connectivity index (χ1v) is 12.6. The van der Waals surface area contributed by atoms with Crippen LogP contribution in [0.15, 0.2) is 30.7 Å². The number of hydrazine groups is 1. The summed E-state index contributed by atoms with van der Waals surface area (Å²) in [5.41, 5.74) is 11.5. The Morgan fingerprint density at radius 2 is 1.91 bits per heavy atom. The first kappa shape index (κ1) is 24.7. The molecule has 0 spiro atoms. The van der Waals surface area contributed by atoms with Crippen molar-refractivity contribution in [3.63, 3.8) is 0 Å². The highest BCUT2D eigenvalue weighted by Crippen LogP contribution is 2.33. The minimum Gasteiger partial charge on any atom is -0.444 e. The van der Waals surface area contributed by atoms with Crippen LogP contribution < -0.4 is 16.1 Å². The highest BCUT2D eigenvalue weighted by Gasteiger charge is 2.34. The summed E-state index contributed by atoms with van der Waals surface area (Å²) in [7, 11) is 0. The van der Waals surface area contributed by atoms with Crippen LogP contribution in [0.5, 0.6) is 0 Å². The molecule has 2 aliphatic rings. The smallest absolute Gasteiger partial charge is 0.410 e. The van der Waals surface area contributed by atoms with E-state index >= 15 is 0 Å². The Morgan fingerprint density at radius 3 is 2.51 bits per heavy atom. The number of thioether (sulfide) groups is 1. The fourth-order valence-corrected chi connectivity index (χ4v) is 4.73. The average molecular weight is 501 g/mol. The number of nitrogens with two attached hydrogens (primary N) is 1. The van der Waals surface area contributed by atoms with E-state index in [1.54, 1.807) is 20.8 Å². The number of ether oxygens (including phenoxy) is 1. The predicted molar refractivity (Wildman–Crippen MR) is 136 cm³/mol. The van der Waals surface area contributed by atoms with Gasteiger partial charge in [0, 0.05) is 31.9 Å². The molecule has 0 aliphatic carbocycles. The normalized spacial score (nSPS) is 18.1. The fourth-order valence-electron chi connectivity index (χ4n) is 4.18. The molecule has 3 N–H and O–H groups in total. The van der Waals surface area contributed by atoms with Crippen LogP contribution in [0, 0.1) is 6.92 Å². The highest BCUT2D eigenvalue weighted by molar-refractivity contribution is 8.07. The number of anilines is 2. The van der Waals surface area contributed by atoms with E-state index in [2.05, 4.69) is 20.5 Å². The van der Waals surface area contributed by atoms with Gasteiger partial charge in [-0.05, 0) is 57.7 Å². The number of primary amides is 1. The van der Waals surface area contributed by atoms with E-state index < -0.39 is 17.6 Å². The van der Waals surface area contributed by atoms with E-state index in [1.807, 2.05) is 58.3 Å². The Bertz CT molecular complexity index is 1130. The van der Waals surface area contributed by atoms with Gasteiger partial charge in [0.25, 0.3) is 0 Å². The quantitative estimate of drug-likeness (QED) is 0.638. The number of nitrogens with one attached hydrogen (secondary N) is 1. The zero-order valence-electron chi connectivity index (χ0n) is 20.7. The Balaban J connectivity index is 1.45. The van der Waals surface area contributed by atoms with Crippen LogP contribution in [0.1, 0.15) is 38.2 Å². The lowest BCUT2D eigenvalue weighted by Crippen LogP contribution is -2.50. The van der Waals surface area contributed by atoms with Crippen LogP contribution in [0.4, 0.5) is 16.2 Å². The van der Waals surface area contributed by atoms with Crippen molar-refractivity contribution in [2.45, 2.75) is 39.3 Å². The Kier molecular flexibility index (Phi) is 6.84. The zero-order chi connectivity index (χ0) is 25.3. The third-order valence-corrected chi connectivity index (χ3v) is 6.51. The van der Waals surface area contributed by atoms with E-state index in [4.69, 9.17) is 10.5 Å².